The number of anilines is 3. The highest BCUT2D eigenvalue weighted by atomic mass is 35.5. The lowest BCUT2D eigenvalue weighted by Crippen LogP contribution is -2.14. The summed E-state index contributed by atoms with van der Waals surface area (Å²) < 4.78 is 25.3. The van der Waals surface area contributed by atoms with E-state index in [0.29, 0.717) is 17.4 Å². The van der Waals surface area contributed by atoms with Gasteiger partial charge >= 0.3 is 0 Å². The Labute approximate surface area is 134 Å². The third-order valence-electron chi connectivity index (χ3n) is 2.58. The van der Waals surface area contributed by atoms with Crippen molar-refractivity contribution < 1.29 is 8.42 Å². The first kappa shape index (κ1) is 17.5. The highest BCUT2D eigenvalue weighted by Crippen LogP contribution is 2.18. The molecule has 4 N–H and O–H groups in total. The van der Waals surface area contributed by atoms with Crippen LogP contribution in [0.25, 0.3) is 0 Å². The van der Waals surface area contributed by atoms with Crippen molar-refractivity contribution in [1.82, 2.24) is 4.98 Å². The molecule has 116 valence electrons. The Morgan fingerprint density at radius 3 is 2.38 bits per heavy atom. The lowest BCUT2D eigenvalue weighted by molar-refractivity contribution is 0.602. The van der Waals surface area contributed by atoms with E-state index in [1.165, 1.54) is 11.3 Å². The van der Waals surface area contributed by atoms with Crippen molar-refractivity contribution >= 4 is 50.3 Å². The van der Waals surface area contributed by atoms with Crippen LogP contribution < -0.4 is 15.8 Å². The summed E-state index contributed by atoms with van der Waals surface area (Å²) in [5.41, 5.74) is 7.01. The van der Waals surface area contributed by atoms with Crippen molar-refractivity contribution in [2.24, 2.45) is 0 Å². The van der Waals surface area contributed by atoms with Crippen molar-refractivity contribution in [3.8, 4) is 0 Å². The number of aromatic nitrogens is 1. The highest BCUT2D eigenvalue weighted by Gasteiger charge is 2.06. The van der Waals surface area contributed by atoms with Gasteiger partial charge in [0, 0.05) is 22.4 Å². The van der Waals surface area contributed by atoms with Gasteiger partial charge in [-0.2, -0.15) is 0 Å². The Hall–Kier alpha value is -1.51. The lowest BCUT2D eigenvalue weighted by Gasteiger charge is -2.08. The maximum atomic E-state index is 11.4. The molecule has 0 saturated carbocycles. The molecule has 0 aliphatic heterocycles. The molecule has 21 heavy (non-hydrogen) atoms. The Balaban J connectivity index is 0.00000220. The molecule has 1 aromatic heterocycles. The summed E-state index contributed by atoms with van der Waals surface area (Å²) in [4.78, 5) is 5.01. The molecule has 0 spiro atoms. The van der Waals surface area contributed by atoms with Crippen LogP contribution in [0.1, 0.15) is 11.8 Å². The molecule has 0 saturated heterocycles. The van der Waals surface area contributed by atoms with Gasteiger partial charge in [0.2, 0.25) is 10.0 Å². The minimum Gasteiger partial charge on any atom is -0.380 e. The van der Waals surface area contributed by atoms with Gasteiger partial charge in [-0.15, -0.1) is 23.7 Å². The van der Waals surface area contributed by atoms with Crippen LogP contribution in [0.15, 0.2) is 30.5 Å². The minimum absolute atomic E-state index is 0. The number of nitrogens with one attached hydrogen (secondary N) is 2. The monoisotopic (exact) mass is 348 g/mol. The van der Waals surface area contributed by atoms with Crippen LogP contribution in [0.3, 0.4) is 0 Å². The molecular formula is C12H17ClN4O2S2. The van der Waals surface area contributed by atoms with E-state index in [1.54, 1.807) is 25.3 Å². The quantitative estimate of drug-likeness (QED) is 0.745. The number of nitrogen functional groups attached to an aromatic ring is 1. The second kappa shape index (κ2) is 7.48. The van der Waals surface area contributed by atoms with Gasteiger partial charge in [-0.1, -0.05) is 0 Å². The zero-order valence-electron chi connectivity index (χ0n) is 11.4. The maximum absolute atomic E-state index is 11.4. The van der Waals surface area contributed by atoms with Gasteiger partial charge in [0.25, 0.3) is 0 Å². The predicted molar refractivity (Wildman–Crippen MR) is 90.6 cm³/mol. The van der Waals surface area contributed by atoms with Crippen LogP contribution in [0.4, 0.5) is 16.5 Å². The summed E-state index contributed by atoms with van der Waals surface area (Å²) in [6.45, 7) is 2.23. The summed E-state index contributed by atoms with van der Waals surface area (Å²) >= 11 is 1.43. The molecule has 0 aliphatic carbocycles. The molecule has 9 heteroatoms. The molecule has 0 radical (unpaired) electrons. The van der Waals surface area contributed by atoms with Gasteiger partial charge < -0.3 is 11.1 Å². The summed E-state index contributed by atoms with van der Waals surface area (Å²) in [5.74, 6) is 0.0554. The third-order valence-corrected chi connectivity index (χ3v) is 4.71. The zero-order chi connectivity index (χ0) is 14.6. The number of rotatable bonds is 6. The fourth-order valence-corrected chi connectivity index (χ4v) is 2.76. The first-order valence-electron chi connectivity index (χ1n) is 6.03. The second-order valence-electron chi connectivity index (χ2n) is 4.10. The van der Waals surface area contributed by atoms with Gasteiger partial charge in [-0.3, -0.25) is 4.72 Å². The largest absolute Gasteiger partial charge is 0.380 e. The fourth-order valence-electron chi connectivity index (χ4n) is 1.50. The van der Waals surface area contributed by atoms with Crippen molar-refractivity contribution in [2.45, 2.75) is 13.5 Å². The predicted octanol–water partition coefficient (Wildman–Crippen LogP) is 2.52. The normalized spacial score (nSPS) is 10.7. The molecule has 0 atom stereocenters. The first-order valence-corrected chi connectivity index (χ1v) is 8.50. The van der Waals surface area contributed by atoms with E-state index >= 15 is 0 Å². The van der Waals surface area contributed by atoms with Crippen molar-refractivity contribution in [3.63, 3.8) is 0 Å². The Morgan fingerprint density at radius 2 is 1.86 bits per heavy atom. The lowest BCUT2D eigenvalue weighted by atomic mass is 10.3. The Kier molecular flexibility index (Phi) is 6.25. The van der Waals surface area contributed by atoms with Crippen LogP contribution in [0.5, 0.6) is 0 Å². The van der Waals surface area contributed by atoms with E-state index in [2.05, 4.69) is 15.0 Å². The number of hydrogen-bond acceptors (Lipinski definition) is 6. The molecule has 0 aliphatic rings. The first-order chi connectivity index (χ1) is 9.48. The second-order valence-corrected chi connectivity index (χ2v) is 7.26. The molecule has 2 rings (SSSR count). The summed E-state index contributed by atoms with van der Waals surface area (Å²) in [5, 5.41) is 3.76. The van der Waals surface area contributed by atoms with Gasteiger partial charge in [-0.25, -0.2) is 13.4 Å². The van der Waals surface area contributed by atoms with Gasteiger partial charge in [0.1, 0.15) is 0 Å². The average Bonchev–Trinajstić information content (AvgIpc) is 2.83. The fraction of sp³-hybridized carbons (Fsp3) is 0.250. The smallest absolute Gasteiger partial charge is 0.232 e. The molecule has 2 aromatic rings. The SMILES string of the molecule is CCS(=O)(=O)Nc1ccc(NCc2cnc(N)s2)cc1.Cl. The van der Waals surface area contributed by atoms with E-state index in [9.17, 15) is 8.42 Å². The van der Waals surface area contributed by atoms with Crippen LogP contribution in [0, 0.1) is 0 Å². The number of thiazole rings is 1. The summed E-state index contributed by atoms with van der Waals surface area (Å²) in [6, 6.07) is 7.07. The van der Waals surface area contributed by atoms with Crippen LogP contribution in [-0.4, -0.2) is 19.2 Å². The number of nitrogens with two attached hydrogens (primary N) is 1. The van der Waals surface area contributed by atoms with Crippen molar-refractivity contribution in [2.75, 3.05) is 21.5 Å². The molecule has 0 bridgehead atoms. The molecule has 1 heterocycles. The van der Waals surface area contributed by atoms with Gasteiger partial charge in [0.05, 0.1) is 12.3 Å². The minimum atomic E-state index is -3.23. The summed E-state index contributed by atoms with van der Waals surface area (Å²) in [7, 11) is -3.23. The summed E-state index contributed by atoms with van der Waals surface area (Å²) in [6.07, 6.45) is 1.73. The molecule has 0 unspecified atom stereocenters. The van der Waals surface area contributed by atoms with Crippen molar-refractivity contribution in [3.05, 3.63) is 35.3 Å². The standard InChI is InChI=1S/C12H16N4O2S2.ClH/c1-2-20(17,18)16-10-5-3-9(4-6-10)14-7-11-8-15-12(13)19-11;/h3-6,8,14,16H,2,7H2,1H3,(H2,13,15);1H. The van der Waals surface area contributed by atoms with Crippen LogP contribution in [-0.2, 0) is 16.6 Å². The van der Waals surface area contributed by atoms with E-state index in [1.807, 2.05) is 12.1 Å². The van der Waals surface area contributed by atoms with E-state index in [0.717, 1.165) is 10.6 Å². The van der Waals surface area contributed by atoms with Gasteiger partial charge in [-0.05, 0) is 31.2 Å². The molecule has 0 amide bonds. The molecule has 1 aromatic carbocycles. The van der Waals surface area contributed by atoms with Gasteiger partial charge in [0.15, 0.2) is 5.13 Å². The van der Waals surface area contributed by atoms with E-state index in [4.69, 9.17) is 5.73 Å². The number of hydrogen-bond donors (Lipinski definition) is 3. The Morgan fingerprint density at radius 1 is 1.24 bits per heavy atom. The number of benzene rings is 1. The number of sulfonamides is 1. The van der Waals surface area contributed by atoms with E-state index in [-0.39, 0.29) is 18.2 Å². The van der Waals surface area contributed by atoms with Crippen LogP contribution in [0.2, 0.25) is 0 Å². The maximum Gasteiger partial charge on any atom is 0.232 e. The Bertz CT molecular complexity index is 671. The average molecular weight is 349 g/mol. The van der Waals surface area contributed by atoms with Crippen molar-refractivity contribution in [1.29, 1.82) is 0 Å². The van der Waals surface area contributed by atoms with E-state index < -0.39 is 10.0 Å². The zero-order valence-corrected chi connectivity index (χ0v) is 13.8. The van der Waals surface area contributed by atoms with Crippen LogP contribution >= 0.6 is 23.7 Å². The topological polar surface area (TPSA) is 97.1 Å². The number of halogens is 1. The number of nitrogens with zero attached hydrogens (tertiary/aromatic N) is 1. The highest BCUT2D eigenvalue weighted by molar-refractivity contribution is 7.92. The third kappa shape index (κ3) is 5.41. The molecular weight excluding hydrogens is 332 g/mol. The molecule has 6 nitrogen and oxygen atoms in total. The molecule has 0 fully saturated rings.